The smallest absolute Gasteiger partial charge is 0.420 e. The highest BCUT2D eigenvalue weighted by Crippen LogP contribution is 2.35. The summed E-state index contributed by atoms with van der Waals surface area (Å²) < 4.78 is 52.3. The highest BCUT2D eigenvalue weighted by molar-refractivity contribution is 5.68. The highest BCUT2D eigenvalue weighted by Gasteiger charge is 2.42. The van der Waals surface area contributed by atoms with Gasteiger partial charge in [0, 0.05) is 11.1 Å². The third kappa shape index (κ3) is 12.1. The number of carbonyl (C=O) groups excluding carboxylic acids is 1. The van der Waals surface area contributed by atoms with Gasteiger partial charge in [0.15, 0.2) is 0 Å². The van der Waals surface area contributed by atoms with Crippen LogP contribution in [-0.2, 0) is 12.8 Å². The molecule has 8 rings (SSSR count). The Morgan fingerprint density at radius 3 is 0.848 bits per heavy atom. The number of hydrogen-bond donors (Lipinski definition) is 0. The summed E-state index contributed by atoms with van der Waals surface area (Å²) >= 11 is 0. The summed E-state index contributed by atoms with van der Waals surface area (Å²) in [6, 6.07) is 63.1. The summed E-state index contributed by atoms with van der Waals surface area (Å²) in [6.45, 7) is 7.99. The van der Waals surface area contributed by atoms with Gasteiger partial charge in [0.25, 0.3) is 0 Å². The summed E-state index contributed by atoms with van der Waals surface area (Å²) in [5.41, 5.74) is 5.30. The number of ether oxygens (including phenoxy) is 8. The molecule has 0 atom stereocenters. The number of benzene rings is 8. The molecule has 0 bridgehead atoms. The Labute approximate surface area is 385 Å². The molecular formula is C57H50O9. The third-order valence-electron chi connectivity index (χ3n) is 10.4. The van der Waals surface area contributed by atoms with E-state index in [0.29, 0.717) is 45.6 Å². The van der Waals surface area contributed by atoms with Gasteiger partial charge < -0.3 is 37.9 Å². The predicted molar refractivity (Wildman–Crippen MR) is 254 cm³/mol. The number of carbonyl (C=O) groups is 1. The van der Waals surface area contributed by atoms with Crippen molar-refractivity contribution in [3.63, 3.8) is 0 Å². The molecule has 0 saturated heterocycles. The monoisotopic (exact) mass is 878 g/mol. The van der Waals surface area contributed by atoms with Crippen molar-refractivity contribution in [2.24, 2.45) is 0 Å². The lowest BCUT2D eigenvalue weighted by atomic mass is 10.1. The fraction of sp³-hybridized carbons (Fsp3) is 0.140. The fourth-order valence-corrected chi connectivity index (χ4v) is 6.99. The standard InChI is InChI=1S/C57H50O9/c1-41-23-31-49(32-24-41)63-56(61-47-17-7-5-8-18-47,64-50-33-25-42(2)26-34-50)39-45-15-11-13-21-53(45)59-55(58)60-54-22-14-12-16-46(54)40-57(62-48-19-9-6-10-20-48,65-51-35-27-43(3)28-36-51)66-52-37-29-44(4)30-38-52/h5-38H,39-40H2,1-4H3. The first-order valence-electron chi connectivity index (χ1n) is 21.6. The highest BCUT2D eigenvalue weighted by atomic mass is 16.9. The first kappa shape index (κ1) is 44.4. The molecule has 0 radical (unpaired) electrons. The van der Waals surface area contributed by atoms with Gasteiger partial charge in [-0.1, -0.05) is 144 Å². The molecule has 66 heavy (non-hydrogen) atoms. The Bertz CT molecular complexity index is 2500. The van der Waals surface area contributed by atoms with E-state index in [1.807, 2.05) is 210 Å². The molecule has 0 saturated carbocycles. The van der Waals surface area contributed by atoms with Crippen molar-refractivity contribution in [1.29, 1.82) is 0 Å². The van der Waals surface area contributed by atoms with Gasteiger partial charge in [0.05, 0.1) is 12.8 Å². The van der Waals surface area contributed by atoms with Gasteiger partial charge in [-0.05, 0) is 113 Å². The Hall–Kier alpha value is -8.17. The second-order valence-electron chi connectivity index (χ2n) is 15.9. The summed E-state index contributed by atoms with van der Waals surface area (Å²) in [5, 5.41) is 0. The number of hydrogen-bond acceptors (Lipinski definition) is 9. The van der Waals surface area contributed by atoms with E-state index in [0.717, 1.165) is 22.3 Å². The summed E-state index contributed by atoms with van der Waals surface area (Å²) in [5.74, 6) is -0.177. The Kier molecular flexibility index (Phi) is 13.8. The van der Waals surface area contributed by atoms with E-state index >= 15 is 0 Å². The number of para-hydroxylation sites is 4. The van der Waals surface area contributed by atoms with Crippen LogP contribution >= 0.6 is 0 Å². The minimum Gasteiger partial charge on any atom is -0.420 e. The van der Waals surface area contributed by atoms with Crippen LogP contribution in [0.3, 0.4) is 0 Å². The summed E-state index contributed by atoms with van der Waals surface area (Å²) in [7, 11) is 0. The maximum absolute atomic E-state index is 14.1. The van der Waals surface area contributed by atoms with Gasteiger partial charge in [-0.15, -0.1) is 0 Å². The van der Waals surface area contributed by atoms with Crippen LogP contribution in [-0.4, -0.2) is 18.1 Å². The maximum Gasteiger partial charge on any atom is 0.519 e. The second kappa shape index (κ2) is 20.6. The van der Waals surface area contributed by atoms with Crippen LogP contribution in [0, 0.1) is 27.7 Å². The van der Waals surface area contributed by atoms with Crippen LogP contribution in [0.4, 0.5) is 4.79 Å². The van der Waals surface area contributed by atoms with Crippen molar-refractivity contribution < 1.29 is 42.7 Å². The van der Waals surface area contributed by atoms with Crippen molar-refractivity contribution in [1.82, 2.24) is 0 Å². The fourth-order valence-electron chi connectivity index (χ4n) is 6.99. The average molecular weight is 879 g/mol. The van der Waals surface area contributed by atoms with E-state index in [4.69, 9.17) is 37.9 Å². The minimum absolute atomic E-state index is 0.0320. The molecular weight excluding hydrogens is 829 g/mol. The first-order valence-corrected chi connectivity index (χ1v) is 21.6. The molecule has 0 fully saturated rings. The zero-order valence-electron chi connectivity index (χ0n) is 37.2. The third-order valence-corrected chi connectivity index (χ3v) is 10.4. The molecule has 0 aliphatic heterocycles. The average Bonchev–Trinajstić information content (AvgIpc) is 3.31. The zero-order valence-corrected chi connectivity index (χ0v) is 37.2. The van der Waals surface area contributed by atoms with Crippen molar-refractivity contribution in [2.75, 3.05) is 0 Å². The number of aryl methyl sites for hydroxylation is 4. The van der Waals surface area contributed by atoms with Crippen LogP contribution in [0.5, 0.6) is 46.0 Å². The lowest BCUT2D eigenvalue weighted by Gasteiger charge is -2.34. The topological polar surface area (TPSA) is 90.9 Å². The van der Waals surface area contributed by atoms with Crippen LogP contribution < -0.4 is 37.9 Å². The molecule has 9 nitrogen and oxygen atoms in total. The molecule has 332 valence electrons. The van der Waals surface area contributed by atoms with Crippen molar-refractivity contribution in [2.45, 2.75) is 52.5 Å². The van der Waals surface area contributed by atoms with Crippen LogP contribution in [0.25, 0.3) is 0 Å². The van der Waals surface area contributed by atoms with Crippen LogP contribution in [0.1, 0.15) is 33.4 Å². The molecule has 8 aromatic rings. The largest absolute Gasteiger partial charge is 0.519 e. The molecule has 0 aliphatic rings. The van der Waals surface area contributed by atoms with Gasteiger partial charge >= 0.3 is 18.1 Å². The lowest BCUT2D eigenvalue weighted by molar-refractivity contribution is -0.252. The predicted octanol–water partition coefficient (Wildman–Crippen LogP) is 13.4. The molecule has 9 heteroatoms. The van der Waals surface area contributed by atoms with E-state index < -0.39 is 18.1 Å². The Morgan fingerprint density at radius 2 is 0.561 bits per heavy atom. The molecule has 0 aliphatic carbocycles. The Balaban J connectivity index is 1.11. The summed E-state index contributed by atoms with van der Waals surface area (Å²) in [6.07, 6.45) is -1.05. The number of rotatable bonds is 18. The lowest BCUT2D eigenvalue weighted by Crippen LogP contribution is -2.50. The van der Waals surface area contributed by atoms with Gasteiger partial charge in [-0.25, -0.2) is 4.79 Å². The van der Waals surface area contributed by atoms with E-state index in [1.54, 1.807) is 24.3 Å². The van der Waals surface area contributed by atoms with Crippen molar-refractivity contribution in [3.8, 4) is 46.0 Å². The van der Waals surface area contributed by atoms with Crippen molar-refractivity contribution in [3.05, 3.63) is 240 Å². The summed E-state index contributed by atoms with van der Waals surface area (Å²) in [4.78, 5) is 14.1. The quantitative estimate of drug-likeness (QED) is 0.0475. The normalized spacial score (nSPS) is 11.2. The Morgan fingerprint density at radius 1 is 0.318 bits per heavy atom. The van der Waals surface area contributed by atoms with E-state index in [1.165, 1.54) is 0 Å². The molecule has 0 heterocycles. The maximum atomic E-state index is 14.1. The van der Waals surface area contributed by atoms with Crippen LogP contribution in [0.2, 0.25) is 0 Å². The van der Waals surface area contributed by atoms with Crippen LogP contribution in [0.15, 0.2) is 206 Å². The molecule has 0 unspecified atom stereocenters. The van der Waals surface area contributed by atoms with Crippen molar-refractivity contribution >= 4 is 6.16 Å². The first-order chi connectivity index (χ1) is 32.1. The van der Waals surface area contributed by atoms with E-state index in [9.17, 15) is 4.79 Å². The molecule has 0 aromatic heterocycles. The second-order valence-corrected chi connectivity index (χ2v) is 15.9. The molecule has 0 N–H and O–H groups in total. The molecule has 8 aromatic carbocycles. The SMILES string of the molecule is Cc1ccc(OC(Cc2ccccc2OC(=O)Oc2ccccc2CC(Oc2ccccc2)(Oc2ccc(C)cc2)Oc2ccc(C)cc2)(Oc2ccccc2)Oc2ccc(C)cc2)cc1. The zero-order chi connectivity index (χ0) is 45.8. The van der Waals surface area contributed by atoms with E-state index in [2.05, 4.69) is 0 Å². The minimum atomic E-state index is -1.79. The molecule has 0 spiro atoms. The van der Waals surface area contributed by atoms with E-state index in [-0.39, 0.29) is 24.3 Å². The molecule has 0 amide bonds. The van der Waals surface area contributed by atoms with Gasteiger partial charge in [0.1, 0.15) is 46.0 Å². The van der Waals surface area contributed by atoms with Gasteiger partial charge in [0.2, 0.25) is 0 Å². The van der Waals surface area contributed by atoms with Gasteiger partial charge in [-0.2, -0.15) is 0 Å². The van der Waals surface area contributed by atoms with Gasteiger partial charge in [-0.3, -0.25) is 0 Å².